The number of aromatic amines is 2. The molecule has 6 rings (SSSR count). The Morgan fingerprint density at radius 2 is 1.94 bits per heavy atom. The topological polar surface area (TPSA) is 103 Å². The molecule has 0 bridgehead atoms. The Balaban J connectivity index is 1.53. The van der Waals surface area contributed by atoms with Crippen molar-refractivity contribution in [3.63, 3.8) is 0 Å². The van der Waals surface area contributed by atoms with Gasteiger partial charge in [-0.3, -0.25) is 0 Å². The first-order valence-corrected chi connectivity index (χ1v) is 12.5. The summed E-state index contributed by atoms with van der Waals surface area (Å²) in [7, 11) is 3.79. The van der Waals surface area contributed by atoms with E-state index in [2.05, 4.69) is 45.1 Å². The molecule has 1 saturated carbocycles. The smallest absolute Gasteiger partial charge is 0.226 e. The third-order valence-corrected chi connectivity index (χ3v) is 7.46. The predicted molar refractivity (Wildman–Crippen MR) is 135 cm³/mol. The second-order valence-corrected chi connectivity index (χ2v) is 9.71. The molecule has 180 valence electrons. The number of rotatable bonds is 6. The van der Waals surface area contributed by atoms with E-state index in [-0.39, 0.29) is 0 Å². The number of benzene rings is 1. The lowest BCUT2D eigenvalue weighted by Crippen LogP contribution is -2.29. The van der Waals surface area contributed by atoms with Gasteiger partial charge in [-0.2, -0.15) is 5.26 Å². The normalized spacial score (nSPS) is 17.2. The Hall–Kier alpha value is -3.57. The van der Waals surface area contributed by atoms with Crippen molar-refractivity contribution in [2.24, 2.45) is 0 Å². The fourth-order valence-electron chi connectivity index (χ4n) is 5.45. The van der Waals surface area contributed by atoms with Crippen LogP contribution >= 0.6 is 0 Å². The molecular formula is C27H30N6O2. The standard InChI is InChI=1S/C27H30N6O2/c1-4-35-25-17(15-9-11-33(2)12-10-15)7-8-20-24(25)32-26(30-20)21-23-19(14-29-27(21)34-3)18(13-28)22(31-23)16-5-6-16/h7-8,14-16,31H,4-6,9-12H2,1-3H3,(H,30,32). The van der Waals surface area contributed by atoms with Gasteiger partial charge in [0, 0.05) is 23.2 Å². The van der Waals surface area contributed by atoms with E-state index in [1.165, 1.54) is 5.56 Å². The van der Waals surface area contributed by atoms with Gasteiger partial charge >= 0.3 is 0 Å². The number of imidazole rings is 1. The van der Waals surface area contributed by atoms with Gasteiger partial charge in [-0.1, -0.05) is 6.07 Å². The van der Waals surface area contributed by atoms with E-state index >= 15 is 0 Å². The Labute approximate surface area is 204 Å². The zero-order valence-electron chi connectivity index (χ0n) is 20.4. The molecule has 4 heterocycles. The highest BCUT2D eigenvalue weighted by Crippen LogP contribution is 2.46. The minimum Gasteiger partial charge on any atom is -0.491 e. The number of piperidine rings is 1. The summed E-state index contributed by atoms with van der Waals surface area (Å²) in [6.07, 6.45) is 6.15. The van der Waals surface area contributed by atoms with Crippen molar-refractivity contribution in [2.45, 2.75) is 44.4 Å². The van der Waals surface area contributed by atoms with Crippen molar-refractivity contribution >= 4 is 21.9 Å². The van der Waals surface area contributed by atoms with Gasteiger partial charge in [-0.25, -0.2) is 9.97 Å². The largest absolute Gasteiger partial charge is 0.491 e. The molecule has 0 amide bonds. The molecule has 1 aliphatic heterocycles. The van der Waals surface area contributed by atoms with E-state index in [9.17, 15) is 5.26 Å². The number of ether oxygens (including phenoxy) is 2. The van der Waals surface area contributed by atoms with Crippen LogP contribution in [-0.4, -0.2) is 58.7 Å². The van der Waals surface area contributed by atoms with Crippen LogP contribution < -0.4 is 9.47 Å². The maximum atomic E-state index is 9.88. The SMILES string of the molecule is CCOc1c(C2CCN(C)CC2)ccc2[nH]c(-c3c(OC)ncc4c(C#N)c(C5CC5)[nH]c34)nc12. The van der Waals surface area contributed by atoms with Crippen LogP contribution in [0.4, 0.5) is 0 Å². The van der Waals surface area contributed by atoms with Crippen molar-refractivity contribution in [3.8, 4) is 29.1 Å². The molecule has 8 nitrogen and oxygen atoms in total. The lowest BCUT2D eigenvalue weighted by molar-refractivity contribution is 0.251. The van der Waals surface area contributed by atoms with Crippen LogP contribution in [0.5, 0.6) is 11.6 Å². The molecule has 4 aromatic rings. The summed E-state index contributed by atoms with van der Waals surface area (Å²) in [4.78, 5) is 19.0. The highest BCUT2D eigenvalue weighted by atomic mass is 16.5. The number of nitrogens with zero attached hydrogens (tertiary/aromatic N) is 4. The monoisotopic (exact) mass is 470 g/mol. The van der Waals surface area contributed by atoms with Crippen LogP contribution in [-0.2, 0) is 0 Å². The number of nitriles is 1. The van der Waals surface area contributed by atoms with Gasteiger partial charge in [-0.05, 0) is 70.3 Å². The Morgan fingerprint density at radius 1 is 1.14 bits per heavy atom. The fourth-order valence-corrected chi connectivity index (χ4v) is 5.45. The number of nitrogens with one attached hydrogen (secondary N) is 2. The third kappa shape index (κ3) is 3.62. The molecular weight excluding hydrogens is 440 g/mol. The number of aromatic nitrogens is 4. The third-order valence-electron chi connectivity index (χ3n) is 7.46. The summed E-state index contributed by atoms with van der Waals surface area (Å²) in [5.41, 5.74) is 6.22. The molecule has 1 aliphatic carbocycles. The molecule has 8 heteroatoms. The average Bonchev–Trinajstić information content (AvgIpc) is 3.52. The molecule has 2 N–H and O–H groups in total. The number of methoxy groups -OCH3 is 1. The zero-order valence-corrected chi connectivity index (χ0v) is 20.4. The molecule has 0 radical (unpaired) electrons. The van der Waals surface area contributed by atoms with Crippen LogP contribution in [0.25, 0.3) is 33.3 Å². The highest BCUT2D eigenvalue weighted by molar-refractivity contribution is 6.00. The number of hydrogen-bond acceptors (Lipinski definition) is 6. The number of fused-ring (bicyclic) bond motifs is 2. The van der Waals surface area contributed by atoms with Gasteiger partial charge in [0.2, 0.25) is 5.88 Å². The summed E-state index contributed by atoms with van der Waals surface area (Å²) < 4.78 is 11.9. The second-order valence-electron chi connectivity index (χ2n) is 9.71. The first kappa shape index (κ1) is 21.9. The molecule has 0 atom stereocenters. The lowest BCUT2D eigenvalue weighted by atomic mass is 9.88. The minimum atomic E-state index is 0.410. The van der Waals surface area contributed by atoms with E-state index in [0.29, 0.717) is 35.7 Å². The first-order chi connectivity index (χ1) is 17.1. The molecule has 35 heavy (non-hydrogen) atoms. The van der Waals surface area contributed by atoms with Crippen LogP contribution in [0.2, 0.25) is 0 Å². The van der Waals surface area contributed by atoms with E-state index in [0.717, 1.165) is 77.7 Å². The van der Waals surface area contributed by atoms with E-state index in [1.807, 2.05) is 6.92 Å². The summed E-state index contributed by atoms with van der Waals surface area (Å²) in [6, 6.07) is 6.68. The molecule has 0 unspecified atom stereocenters. The number of hydrogen-bond donors (Lipinski definition) is 2. The van der Waals surface area contributed by atoms with E-state index in [1.54, 1.807) is 13.3 Å². The summed E-state index contributed by atoms with van der Waals surface area (Å²) in [6.45, 7) is 4.76. The number of pyridine rings is 1. The predicted octanol–water partition coefficient (Wildman–Crippen LogP) is 5.07. The van der Waals surface area contributed by atoms with Crippen LogP contribution in [0.15, 0.2) is 18.3 Å². The summed E-state index contributed by atoms with van der Waals surface area (Å²) in [5.74, 6) is 2.86. The van der Waals surface area contributed by atoms with Crippen LogP contribution in [0, 0.1) is 11.3 Å². The summed E-state index contributed by atoms with van der Waals surface area (Å²) >= 11 is 0. The van der Waals surface area contributed by atoms with Gasteiger partial charge in [0.25, 0.3) is 0 Å². The van der Waals surface area contributed by atoms with Crippen molar-refractivity contribution < 1.29 is 9.47 Å². The van der Waals surface area contributed by atoms with Gasteiger partial charge < -0.3 is 24.3 Å². The van der Waals surface area contributed by atoms with E-state index in [4.69, 9.17) is 14.5 Å². The zero-order chi connectivity index (χ0) is 24.1. The van der Waals surface area contributed by atoms with Crippen LogP contribution in [0.1, 0.15) is 61.3 Å². The van der Waals surface area contributed by atoms with Gasteiger partial charge in [-0.15, -0.1) is 0 Å². The Kier molecular flexibility index (Phi) is 5.37. The Morgan fingerprint density at radius 3 is 2.63 bits per heavy atom. The highest BCUT2D eigenvalue weighted by Gasteiger charge is 2.31. The average molecular weight is 471 g/mol. The molecule has 3 aromatic heterocycles. The molecule has 2 fully saturated rings. The summed E-state index contributed by atoms with van der Waals surface area (Å²) in [5, 5.41) is 10.7. The molecule has 1 saturated heterocycles. The fraction of sp³-hybridized carbons (Fsp3) is 0.444. The Bertz CT molecular complexity index is 1450. The molecule has 0 spiro atoms. The second kappa shape index (κ2) is 8.58. The van der Waals surface area contributed by atoms with Gasteiger partial charge in [0.15, 0.2) is 5.75 Å². The lowest BCUT2D eigenvalue weighted by Gasteiger charge is -2.30. The maximum absolute atomic E-state index is 9.88. The molecule has 2 aliphatic rings. The maximum Gasteiger partial charge on any atom is 0.226 e. The van der Waals surface area contributed by atoms with Crippen molar-refractivity contribution in [3.05, 3.63) is 35.2 Å². The minimum absolute atomic E-state index is 0.410. The van der Waals surface area contributed by atoms with E-state index < -0.39 is 0 Å². The van der Waals surface area contributed by atoms with Crippen molar-refractivity contribution in [2.75, 3.05) is 33.9 Å². The van der Waals surface area contributed by atoms with Gasteiger partial charge in [0.05, 0.1) is 30.3 Å². The van der Waals surface area contributed by atoms with Crippen molar-refractivity contribution in [1.29, 1.82) is 5.26 Å². The molecule has 1 aromatic carbocycles. The van der Waals surface area contributed by atoms with Crippen molar-refractivity contribution in [1.82, 2.24) is 24.8 Å². The number of H-pyrrole nitrogens is 2. The quantitative estimate of drug-likeness (QED) is 0.408. The first-order valence-electron chi connectivity index (χ1n) is 12.5. The van der Waals surface area contributed by atoms with Gasteiger partial charge in [0.1, 0.15) is 23.0 Å². The number of likely N-dealkylation sites (tertiary alicyclic amines) is 1. The van der Waals surface area contributed by atoms with Crippen LogP contribution in [0.3, 0.4) is 0 Å².